The van der Waals surface area contributed by atoms with Gasteiger partial charge in [0.15, 0.2) is 0 Å². The summed E-state index contributed by atoms with van der Waals surface area (Å²) in [6.07, 6.45) is 0. The minimum Gasteiger partial charge on any atom is -0.279 e. The normalized spacial score (nSPS) is 11.7. The molecule has 24 heavy (non-hydrogen) atoms. The third-order valence-corrected chi connectivity index (χ3v) is 6.06. The van der Waals surface area contributed by atoms with Crippen LogP contribution in [0.4, 0.5) is 5.69 Å². The molecule has 0 amide bonds. The molecule has 0 spiro atoms. The summed E-state index contributed by atoms with van der Waals surface area (Å²) in [5, 5.41) is 0.768. The van der Waals surface area contributed by atoms with E-state index in [0.717, 1.165) is 0 Å². The van der Waals surface area contributed by atoms with E-state index in [4.69, 9.17) is 23.2 Å². The first-order chi connectivity index (χ1) is 11.3. The Morgan fingerprint density at radius 1 is 1.08 bits per heavy atom. The van der Waals surface area contributed by atoms with Crippen molar-refractivity contribution in [3.05, 3.63) is 62.7 Å². The van der Waals surface area contributed by atoms with E-state index in [1.165, 1.54) is 12.1 Å². The van der Waals surface area contributed by atoms with Gasteiger partial charge in [0.2, 0.25) is 0 Å². The number of sulfonamides is 1. The fourth-order valence-electron chi connectivity index (χ4n) is 2.37. The second-order valence-electron chi connectivity index (χ2n) is 5.13. The van der Waals surface area contributed by atoms with Gasteiger partial charge in [-0.25, -0.2) is 8.42 Å². The zero-order valence-corrected chi connectivity index (χ0v) is 16.3. The molecule has 0 aliphatic rings. The van der Waals surface area contributed by atoms with E-state index in [2.05, 4.69) is 25.6 Å². The van der Waals surface area contributed by atoms with Crippen LogP contribution in [-0.2, 0) is 10.0 Å². The molecule has 0 bridgehead atoms. The highest BCUT2D eigenvalue weighted by Gasteiger charge is 2.23. The van der Waals surface area contributed by atoms with Crippen molar-refractivity contribution >= 4 is 65.7 Å². The van der Waals surface area contributed by atoms with Crippen molar-refractivity contribution in [2.75, 3.05) is 4.72 Å². The molecule has 8 heteroatoms. The number of nitrogens with one attached hydrogen (secondary N) is 1. The zero-order valence-electron chi connectivity index (χ0n) is 12.3. The summed E-state index contributed by atoms with van der Waals surface area (Å²) >= 11 is 15.4. The number of halogens is 3. The predicted molar refractivity (Wildman–Crippen MR) is 101 cm³/mol. The van der Waals surface area contributed by atoms with Gasteiger partial charge in [-0.3, -0.25) is 9.71 Å². The van der Waals surface area contributed by atoms with Crippen LogP contribution >= 0.6 is 39.1 Å². The van der Waals surface area contributed by atoms with Crippen LogP contribution in [0.1, 0.15) is 5.69 Å². The van der Waals surface area contributed by atoms with Crippen LogP contribution in [0.25, 0.3) is 10.9 Å². The average molecular weight is 446 g/mol. The first-order valence-electron chi connectivity index (χ1n) is 6.82. The van der Waals surface area contributed by atoms with Crippen molar-refractivity contribution in [3.8, 4) is 0 Å². The molecule has 3 aromatic rings. The van der Waals surface area contributed by atoms with E-state index in [0.29, 0.717) is 26.8 Å². The molecular weight excluding hydrogens is 435 g/mol. The minimum absolute atomic E-state index is 0.0389. The molecule has 0 fully saturated rings. The molecule has 2 aromatic carbocycles. The largest absolute Gasteiger partial charge is 0.279 e. The SMILES string of the molecule is Cc1cc(NS(=O)(=O)c2c(Cl)cc(Br)cc2Cl)c2ccccc2n1. The van der Waals surface area contributed by atoms with Crippen molar-refractivity contribution in [2.45, 2.75) is 11.8 Å². The summed E-state index contributed by atoms with van der Waals surface area (Å²) in [5.74, 6) is 0. The molecule has 0 radical (unpaired) electrons. The van der Waals surface area contributed by atoms with Crippen LogP contribution in [0.3, 0.4) is 0 Å². The van der Waals surface area contributed by atoms with E-state index < -0.39 is 10.0 Å². The first-order valence-corrected chi connectivity index (χ1v) is 9.85. The van der Waals surface area contributed by atoms with E-state index in [1.54, 1.807) is 19.1 Å². The van der Waals surface area contributed by atoms with Gasteiger partial charge in [0, 0.05) is 15.6 Å². The van der Waals surface area contributed by atoms with Crippen molar-refractivity contribution < 1.29 is 8.42 Å². The highest BCUT2D eigenvalue weighted by atomic mass is 79.9. The Morgan fingerprint density at radius 3 is 2.38 bits per heavy atom. The van der Waals surface area contributed by atoms with E-state index >= 15 is 0 Å². The number of para-hydroxylation sites is 1. The Balaban J connectivity index is 2.15. The molecule has 0 saturated carbocycles. The van der Waals surface area contributed by atoms with Gasteiger partial charge >= 0.3 is 0 Å². The average Bonchev–Trinajstić information content (AvgIpc) is 2.45. The molecule has 1 heterocycles. The van der Waals surface area contributed by atoms with Crippen LogP contribution in [-0.4, -0.2) is 13.4 Å². The fourth-order valence-corrected chi connectivity index (χ4v) is 5.38. The standard InChI is InChI=1S/C16H11BrCl2N2O2S/c1-9-6-15(11-4-2-3-5-14(11)20-9)21-24(22,23)16-12(18)7-10(17)8-13(16)19/h2-8H,1H3,(H,20,21). The minimum atomic E-state index is -3.96. The van der Waals surface area contributed by atoms with E-state index in [9.17, 15) is 8.42 Å². The molecular formula is C16H11BrCl2N2O2S. The molecule has 0 unspecified atom stereocenters. The van der Waals surface area contributed by atoms with Gasteiger partial charge in [-0.1, -0.05) is 57.3 Å². The second kappa shape index (κ2) is 6.52. The van der Waals surface area contributed by atoms with Crippen LogP contribution in [0, 0.1) is 6.92 Å². The molecule has 1 aromatic heterocycles. The first kappa shape index (κ1) is 17.5. The Labute approximate surface area is 158 Å². The summed E-state index contributed by atoms with van der Waals surface area (Å²) in [4.78, 5) is 4.23. The Kier molecular flexibility index (Phi) is 4.75. The summed E-state index contributed by atoms with van der Waals surface area (Å²) in [6, 6.07) is 11.9. The Morgan fingerprint density at radius 2 is 1.71 bits per heavy atom. The molecule has 4 nitrogen and oxygen atoms in total. The molecule has 0 aliphatic heterocycles. The smallest absolute Gasteiger partial charge is 0.264 e. The van der Waals surface area contributed by atoms with Gasteiger partial charge in [-0.15, -0.1) is 0 Å². The summed E-state index contributed by atoms with van der Waals surface area (Å²) < 4.78 is 28.8. The van der Waals surface area contributed by atoms with Gasteiger partial charge in [0.1, 0.15) is 4.90 Å². The van der Waals surface area contributed by atoms with Crippen LogP contribution in [0.15, 0.2) is 51.8 Å². The molecule has 3 rings (SSSR count). The van der Waals surface area contributed by atoms with Crippen molar-refractivity contribution in [3.63, 3.8) is 0 Å². The highest BCUT2D eigenvalue weighted by molar-refractivity contribution is 9.10. The summed E-state index contributed by atoms with van der Waals surface area (Å²) in [6.45, 7) is 1.80. The number of hydrogen-bond acceptors (Lipinski definition) is 3. The number of fused-ring (bicyclic) bond motifs is 1. The van der Waals surface area contributed by atoms with Gasteiger partial charge in [0.25, 0.3) is 10.0 Å². The van der Waals surface area contributed by atoms with Crippen molar-refractivity contribution in [1.82, 2.24) is 4.98 Å². The lowest BCUT2D eigenvalue weighted by molar-refractivity contribution is 0.601. The number of anilines is 1. The predicted octanol–water partition coefficient (Wildman–Crippen LogP) is 5.41. The second-order valence-corrected chi connectivity index (χ2v) is 8.48. The molecule has 1 N–H and O–H groups in total. The van der Waals surface area contributed by atoms with Gasteiger partial charge < -0.3 is 0 Å². The molecule has 124 valence electrons. The zero-order chi connectivity index (χ0) is 17.5. The Hall–Kier alpha value is -1.34. The third-order valence-electron chi connectivity index (χ3n) is 3.32. The van der Waals surface area contributed by atoms with Crippen molar-refractivity contribution in [1.29, 1.82) is 0 Å². The summed E-state index contributed by atoms with van der Waals surface area (Å²) in [5.41, 5.74) is 1.82. The van der Waals surface area contributed by atoms with E-state index in [-0.39, 0.29) is 14.9 Å². The molecule has 0 atom stereocenters. The summed E-state index contributed by atoms with van der Waals surface area (Å²) in [7, 11) is -3.96. The van der Waals surface area contributed by atoms with Gasteiger partial charge in [0.05, 0.1) is 21.2 Å². The maximum atomic E-state index is 12.8. The van der Waals surface area contributed by atoms with Crippen molar-refractivity contribution in [2.24, 2.45) is 0 Å². The Bertz CT molecular complexity index is 1030. The maximum Gasteiger partial charge on any atom is 0.264 e. The monoisotopic (exact) mass is 444 g/mol. The highest BCUT2D eigenvalue weighted by Crippen LogP contribution is 2.35. The number of rotatable bonds is 3. The lowest BCUT2D eigenvalue weighted by atomic mass is 10.2. The quantitative estimate of drug-likeness (QED) is 0.585. The van der Waals surface area contributed by atoms with E-state index in [1.807, 2.05) is 18.2 Å². The topological polar surface area (TPSA) is 59.1 Å². The molecule has 0 aliphatic carbocycles. The number of hydrogen-bond donors (Lipinski definition) is 1. The van der Waals surface area contributed by atoms with Gasteiger partial charge in [-0.05, 0) is 31.2 Å². The number of aryl methyl sites for hydroxylation is 1. The van der Waals surface area contributed by atoms with Crippen LogP contribution in [0.5, 0.6) is 0 Å². The number of aromatic nitrogens is 1. The number of benzene rings is 2. The van der Waals surface area contributed by atoms with Crippen LogP contribution < -0.4 is 4.72 Å². The number of nitrogens with zero attached hydrogens (tertiary/aromatic N) is 1. The maximum absolute atomic E-state index is 12.8. The van der Waals surface area contributed by atoms with Gasteiger partial charge in [-0.2, -0.15) is 0 Å². The fraction of sp³-hybridized carbons (Fsp3) is 0.0625. The van der Waals surface area contributed by atoms with Crippen LogP contribution in [0.2, 0.25) is 10.0 Å². The lowest BCUT2D eigenvalue weighted by Gasteiger charge is -2.13. The number of pyridine rings is 1. The lowest BCUT2D eigenvalue weighted by Crippen LogP contribution is -2.14. The third kappa shape index (κ3) is 3.37. The molecule has 0 saturated heterocycles.